The third kappa shape index (κ3) is 6.37. The largest absolute Gasteiger partial charge is 0.508 e. The van der Waals surface area contributed by atoms with Crippen LogP contribution >= 0.6 is 0 Å². The molecule has 0 heterocycles. The van der Waals surface area contributed by atoms with Crippen LogP contribution in [0.4, 0.5) is 0 Å². The van der Waals surface area contributed by atoms with Gasteiger partial charge < -0.3 is 24.8 Å². The van der Waals surface area contributed by atoms with E-state index in [1.54, 1.807) is 56.7 Å². The Bertz CT molecular complexity index is 1090. The SMILES string of the molecule is COc1ccc(/C=C/C(=O)C(CC2CCC2)=C(O)/C=C/c2ccc(CO)c(CO)c2)cc1OC. The van der Waals surface area contributed by atoms with E-state index in [4.69, 9.17) is 9.47 Å². The zero-order valence-corrected chi connectivity index (χ0v) is 19.7. The van der Waals surface area contributed by atoms with E-state index in [-0.39, 0.29) is 24.8 Å². The van der Waals surface area contributed by atoms with Crippen molar-refractivity contribution in [2.45, 2.75) is 38.9 Å². The maximum atomic E-state index is 13.1. The van der Waals surface area contributed by atoms with E-state index in [1.165, 1.54) is 12.2 Å². The topological polar surface area (TPSA) is 96.2 Å². The van der Waals surface area contributed by atoms with Gasteiger partial charge in [0, 0.05) is 5.57 Å². The zero-order chi connectivity index (χ0) is 24.5. The number of allylic oxidation sites excluding steroid dienone is 3. The molecule has 3 N–H and O–H groups in total. The molecule has 1 aliphatic carbocycles. The molecule has 0 saturated heterocycles. The Morgan fingerprint density at radius 3 is 2.18 bits per heavy atom. The standard InChI is InChI=1S/C28H32O6/c1-33-27-13-9-21(16-28(27)34-2)8-12-26(32)24(15-19-4-3-5-19)25(31)11-7-20-6-10-22(17-29)23(14-20)18-30/h6-14,16,19,29-31H,3-5,15,17-18H2,1-2H3/b11-7+,12-8+,25-24?. The van der Waals surface area contributed by atoms with Gasteiger partial charge in [0.1, 0.15) is 5.76 Å². The Morgan fingerprint density at radius 2 is 1.56 bits per heavy atom. The van der Waals surface area contributed by atoms with Gasteiger partial charge in [0.15, 0.2) is 17.3 Å². The van der Waals surface area contributed by atoms with Gasteiger partial charge in [0.05, 0.1) is 27.4 Å². The van der Waals surface area contributed by atoms with Crippen molar-refractivity contribution in [2.24, 2.45) is 5.92 Å². The molecule has 0 amide bonds. The first-order valence-corrected chi connectivity index (χ1v) is 11.4. The highest BCUT2D eigenvalue weighted by Gasteiger charge is 2.23. The second-order valence-corrected chi connectivity index (χ2v) is 8.35. The van der Waals surface area contributed by atoms with Crippen molar-refractivity contribution < 1.29 is 29.6 Å². The molecule has 0 aliphatic heterocycles. The minimum Gasteiger partial charge on any atom is -0.508 e. The zero-order valence-electron chi connectivity index (χ0n) is 19.7. The second-order valence-electron chi connectivity index (χ2n) is 8.35. The quantitative estimate of drug-likeness (QED) is 0.246. The summed E-state index contributed by atoms with van der Waals surface area (Å²) in [6, 6.07) is 10.7. The molecule has 0 spiro atoms. The molecular formula is C28H32O6. The van der Waals surface area contributed by atoms with Gasteiger partial charge in [0.25, 0.3) is 0 Å². The van der Waals surface area contributed by atoms with Crippen LogP contribution in [0.1, 0.15) is 47.9 Å². The number of aliphatic hydroxyl groups excluding tert-OH is 3. The molecule has 3 rings (SSSR count). The van der Waals surface area contributed by atoms with Gasteiger partial charge >= 0.3 is 0 Å². The molecule has 0 aromatic heterocycles. The lowest BCUT2D eigenvalue weighted by atomic mass is 9.79. The van der Waals surface area contributed by atoms with Gasteiger partial charge in [-0.25, -0.2) is 0 Å². The lowest BCUT2D eigenvalue weighted by Crippen LogP contribution is -2.15. The van der Waals surface area contributed by atoms with Crippen LogP contribution in [0.2, 0.25) is 0 Å². The minimum absolute atomic E-state index is 0.0642. The second kappa shape index (κ2) is 12.2. The number of hydrogen-bond donors (Lipinski definition) is 3. The lowest BCUT2D eigenvalue weighted by molar-refractivity contribution is -0.111. The summed E-state index contributed by atoms with van der Waals surface area (Å²) in [5.74, 6) is 1.27. The Kier molecular flexibility index (Phi) is 9.08. The number of ether oxygens (including phenoxy) is 2. The van der Waals surface area contributed by atoms with Crippen LogP contribution in [-0.2, 0) is 18.0 Å². The molecule has 1 aliphatic rings. The third-order valence-corrected chi connectivity index (χ3v) is 6.16. The molecule has 1 saturated carbocycles. The summed E-state index contributed by atoms with van der Waals surface area (Å²) in [4.78, 5) is 13.1. The number of carbonyl (C=O) groups excluding carboxylic acids is 1. The minimum atomic E-state index is -0.240. The number of carbonyl (C=O) groups is 1. The predicted molar refractivity (Wildman–Crippen MR) is 133 cm³/mol. The van der Waals surface area contributed by atoms with Gasteiger partial charge in [-0.2, -0.15) is 0 Å². The number of benzene rings is 2. The number of ketones is 1. The van der Waals surface area contributed by atoms with Crippen molar-refractivity contribution in [3.05, 3.63) is 82.1 Å². The molecule has 6 nitrogen and oxygen atoms in total. The first-order chi connectivity index (χ1) is 16.5. The molecule has 2 aromatic rings. The maximum Gasteiger partial charge on any atom is 0.185 e. The third-order valence-electron chi connectivity index (χ3n) is 6.16. The monoisotopic (exact) mass is 464 g/mol. The summed E-state index contributed by atoms with van der Waals surface area (Å²) in [6.07, 6.45) is 10.2. The van der Waals surface area contributed by atoms with Gasteiger partial charge in [-0.05, 0) is 64.9 Å². The van der Waals surface area contributed by atoms with E-state index >= 15 is 0 Å². The van der Waals surface area contributed by atoms with Gasteiger partial charge in [-0.3, -0.25) is 4.79 Å². The Hall–Kier alpha value is -3.35. The van der Waals surface area contributed by atoms with Crippen molar-refractivity contribution in [1.29, 1.82) is 0 Å². The summed E-state index contributed by atoms with van der Waals surface area (Å²) in [5, 5.41) is 29.7. The van der Waals surface area contributed by atoms with Crippen molar-refractivity contribution in [3.8, 4) is 11.5 Å². The van der Waals surface area contributed by atoms with Crippen LogP contribution in [0.15, 0.2) is 59.9 Å². The van der Waals surface area contributed by atoms with E-state index in [0.717, 1.165) is 30.4 Å². The van der Waals surface area contributed by atoms with Gasteiger partial charge in [-0.1, -0.05) is 49.6 Å². The average molecular weight is 465 g/mol. The molecule has 1 fully saturated rings. The summed E-state index contributed by atoms with van der Waals surface area (Å²) >= 11 is 0. The van der Waals surface area contributed by atoms with Crippen LogP contribution in [0.25, 0.3) is 12.2 Å². The highest BCUT2D eigenvalue weighted by molar-refractivity contribution is 6.07. The lowest BCUT2D eigenvalue weighted by Gasteiger charge is -2.25. The summed E-state index contributed by atoms with van der Waals surface area (Å²) in [7, 11) is 3.12. The number of hydrogen-bond acceptors (Lipinski definition) is 6. The summed E-state index contributed by atoms with van der Waals surface area (Å²) in [5.41, 5.74) is 3.19. The summed E-state index contributed by atoms with van der Waals surface area (Å²) in [6.45, 7) is -0.344. The summed E-state index contributed by atoms with van der Waals surface area (Å²) < 4.78 is 10.6. The Labute approximate surface area is 200 Å². The smallest absolute Gasteiger partial charge is 0.185 e. The molecule has 0 bridgehead atoms. The van der Waals surface area contributed by atoms with E-state index in [2.05, 4.69) is 0 Å². The highest BCUT2D eigenvalue weighted by atomic mass is 16.5. The van der Waals surface area contributed by atoms with Crippen molar-refractivity contribution in [1.82, 2.24) is 0 Å². The van der Waals surface area contributed by atoms with Crippen molar-refractivity contribution in [2.75, 3.05) is 14.2 Å². The van der Waals surface area contributed by atoms with E-state index < -0.39 is 0 Å². The molecule has 0 radical (unpaired) electrons. The average Bonchev–Trinajstić information content (AvgIpc) is 2.84. The Morgan fingerprint density at radius 1 is 0.912 bits per heavy atom. The molecule has 6 heteroatoms. The molecule has 180 valence electrons. The van der Waals surface area contributed by atoms with Crippen LogP contribution in [0.5, 0.6) is 11.5 Å². The van der Waals surface area contributed by atoms with Gasteiger partial charge in [-0.15, -0.1) is 0 Å². The fraction of sp³-hybridized carbons (Fsp3) is 0.321. The van der Waals surface area contributed by atoms with Crippen LogP contribution in [0, 0.1) is 5.92 Å². The van der Waals surface area contributed by atoms with Gasteiger partial charge in [0.2, 0.25) is 0 Å². The molecular weight excluding hydrogens is 432 g/mol. The van der Waals surface area contributed by atoms with Crippen LogP contribution < -0.4 is 9.47 Å². The fourth-order valence-corrected chi connectivity index (χ4v) is 3.87. The molecule has 0 unspecified atom stereocenters. The number of aliphatic hydroxyl groups is 3. The normalized spacial score (nSPS) is 14.8. The molecule has 0 atom stereocenters. The highest BCUT2D eigenvalue weighted by Crippen LogP contribution is 2.34. The van der Waals surface area contributed by atoms with E-state index in [9.17, 15) is 20.1 Å². The molecule has 2 aromatic carbocycles. The number of rotatable bonds is 11. The first kappa shape index (κ1) is 25.3. The van der Waals surface area contributed by atoms with Crippen LogP contribution in [0.3, 0.4) is 0 Å². The van der Waals surface area contributed by atoms with E-state index in [1.807, 2.05) is 6.07 Å². The van der Waals surface area contributed by atoms with E-state index in [0.29, 0.717) is 40.5 Å². The maximum absolute atomic E-state index is 13.1. The van der Waals surface area contributed by atoms with Crippen molar-refractivity contribution >= 4 is 17.9 Å². The fourth-order valence-electron chi connectivity index (χ4n) is 3.87. The first-order valence-electron chi connectivity index (χ1n) is 11.4. The Balaban J connectivity index is 1.84. The van der Waals surface area contributed by atoms with Crippen molar-refractivity contribution in [3.63, 3.8) is 0 Å². The predicted octanol–water partition coefficient (Wildman–Crippen LogP) is 4.99. The van der Waals surface area contributed by atoms with Crippen LogP contribution in [-0.4, -0.2) is 35.3 Å². The number of methoxy groups -OCH3 is 2. The molecule has 34 heavy (non-hydrogen) atoms.